The van der Waals surface area contributed by atoms with Gasteiger partial charge in [-0.05, 0) is 36.6 Å². The molecule has 4 N–H and O–H groups in total. The third kappa shape index (κ3) is 5.83. The second-order valence-electron chi connectivity index (χ2n) is 8.96. The molecule has 3 heterocycles. The van der Waals surface area contributed by atoms with Gasteiger partial charge in [0.1, 0.15) is 5.75 Å². The molecule has 0 unspecified atom stereocenters. The summed E-state index contributed by atoms with van der Waals surface area (Å²) in [5.74, 6) is 1.63. The van der Waals surface area contributed by atoms with Crippen LogP contribution in [0.5, 0.6) is 5.75 Å². The Morgan fingerprint density at radius 1 is 1.00 bits per heavy atom. The molecule has 0 atom stereocenters. The molecule has 1 aromatic heterocycles. The Morgan fingerprint density at radius 3 is 2.51 bits per heavy atom. The number of nitrogens with zero attached hydrogens (tertiary/aromatic N) is 5. The Balaban J connectivity index is 1.40. The van der Waals surface area contributed by atoms with E-state index < -0.39 is 5.91 Å². The average Bonchev–Trinajstić information content (AvgIpc) is 3.48. The van der Waals surface area contributed by atoms with Crippen molar-refractivity contribution in [2.75, 3.05) is 66.9 Å². The zero-order valence-electron chi connectivity index (χ0n) is 20.9. The standard InChI is InChI=1S/C26H32N8O3/c1-36-22-16-19(33-12-14-37-15-13-33)8-9-21(22)29-25-30-24(31-26(32-25)34-10-4-5-11-34)28-17-18-6-2-3-7-20(18)23(27)35/h2-3,6-9,16H,4-5,10-15,17H2,1H3,(H2,27,35)(H2,28,29,30,31,32). The maximum Gasteiger partial charge on any atom is 0.249 e. The number of ether oxygens (including phenoxy) is 2. The number of anilines is 5. The quantitative estimate of drug-likeness (QED) is 0.400. The van der Waals surface area contributed by atoms with Crippen LogP contribution in [0.25, 0.3) is 0 Å². The van der Waals surface area contributed by atoms with Crippen molar-refractivity contribution in [2.24, 2.45) is 5.73 Å². The number of carbonyl (C=O) groups excluding carboxylic acids is 1. The normalized spacial score (nSPS) is 15.5. The molecule has 5 rings (SSSR count). The van der Waals surface area contributed by atoms with Gasteiger partial charge in [0.15, 0.2) is 0 Å². The molecule has 11 nitrogen and oxygen atoms in total. The Bertz CT molecular complexity index is 1240. The fourth-order valence-electron chi connectivity index (χ4n) is 4.57. The van der Waals surface area contributed by atoms with Crippen LogP contribution < -0.4 is 30.9 Å². The van der Waals surface area contributed by atoms with Crippen molar-refractivity contribution in [1.29, 1.82) is 0 Å². The van der Waals surface area contributed by atoms with E-state index in [9.17, 15) is 4.79 Å². The number of nitrogens with one attached hydrogen (secondary N) is 2. The van der Waals surface area contributed by atoms with Crippen LogP contribution in [0.3, 0.4) is 0 Å². The SMILES string of the molecule is COc1cc(N2CCOCC2)ccc1Nc1nc(NCc2ccccc2C(N)=O)nc(N2CCCC2)n1. The minimum Gasteiger partial charge on any atom is -0.494 e. The van der Waals surface area contributed by atoms with E-state index in [4.69, 9.17) is 20.2 Å². The highest BCUT2D eigenvalue weighted by Crippen LogP contribution is 2.32. The van der Waals surface area contributed by atoms with Gasteiger partial charge in [0.25, 0.3) is 0 Å². The first-order valence-electron chi connectivity index (χ1n) is 12.5. The van der Waals surface area contributed by atoms with Gasteiger partial charge >= 0.3 is 0 Å². The molecule has 1 amide bonds. The second-order valence-corrected chi connectivity index (χ2v) is 8.96. The van der Waals surface area contributed by atoms with Crippen LogP contribution >= 0.6 is 0 Å². The summed E-state index contributed by atoms with van der Waals surface area (Å²) in [7, 11) is 1.65. The number of morpholine rings is 1. The molecule has 2 fully saturated rings. The van der Waals surface area contributed by atoms with Gasteiger partial charge in [0, 0.05) is 50.0 Å². The Morgan fingerprint density at radius 2 is 1.76 bits per heavy atom. The highest BCUT2D eigenvalue weighted by Gasteiger charge is 2.19. The summed E-state index contributed by atoms with van der Waals surface area (Å²) in [4.78, 5) is 30.2. The molecule has 37 heavy (non-hydrogen) atoms. The molecular weight excluding hydrogens is 472 g/mol. The van der Waals surface area contributed by atoms with Gasteiger partial charge in [-0.25, -0.2) is 0 Å². The van der Waals surface area contributed by atoms with Gasteiger partial charge in [-0.15, -0.1) is 0 Å². The van der Waals surface area contributed by atoms with E-state index in [0.29, 0.717) is 48.9 Å². The van der Waals surface area contributed by atoms with Gasteiger partial charge in [-0.2, -0.15) is 15.0 Å². The van der Waals surface area contributed by atoms with Crippen molar-refractivity contribution in [3.05, 3.63) is 53.6 Å². The van der Waals surface area contributed by atoms with Crippen molar-refractivity contribution >= 4 is 35.1 Å². The van der Waals surface area contributed by atoms with Crippen molar-refractivity contribution in [3.8, 4) is 5.75 Å². The summed E-state index contributed by atoms with van der Waals surface area (Å²) < 4.78 is 11.2. The van der Waals surface area contributed by atoms with Crippen LogP contribution in [0.15, 0.2) is 42.5 Å². The maximum atomic E-state index is 11.8. The van der Waals surface area contributed by atoms with Gasteiger partial charge in [0.2, 0.25) is 23.8 Å². The molecule has 2 aromatic carbocycles. The predicted molar refractivity (Wildman–Crippen MR) is 143 cm³/mol. The molecule has 2 aliphatic rings. The zero-order valence-corrected chi connectivity index (χ0v) is 20.9. The molecule has 3 aromatic rings. The smallest absolute Gasteiger partial charge is 0.249 e. The van der Waals surface area contributed by atoms with E-state index in [2.05, 4.69) is 36.5 Å². The van der Waals surface area contributed by atoms with Crippen molar-refractivity contribution in [2.45, 2.75) is 19.4 Å². The number of hydrogen-bond donors (Lipinski definition) is 3. The van der Waals surface area contributed by atoms with Crippen LogP contribution in [0.1, 0.15) is 28.8 Å². The lowest BCUT2D eigenvalue weighted by molar-refractivity contribution is 0.0999. The van der Waals surface area contributed by atoms with E-state index in [-0.39, 0.29) is 0 Å². The van der Waals surface area contributed by atoms with Crippen LogP contribution in [-0.2, 0) is 11.3 Å². The number of methoxy groups -OCH3 is 1. The van der Waals surface area contributed by atoms with Crippen molar-refractivity contribution < 1.29 is 14.3 Å². The van der Waals surface area contributed by atoms with Gasteiger partial charge < -0.3 is 35.6 Å². The van der Waals surface area contributed by atoms with E-state index in [1.807, 2.05) is 24.3 Å². The first-order valence-corrected chi connectivity index (χ1v) is 12.5. The molecule has 2 saturated heterocycles. The number of primary amides is 1. The summed E-state index contributed by atoms with van der Waals surface area (Å²) in [5.41, 5.74) is 8.61. The van der Waals surface area contributed by atoms with Gasteiger partial charge in [0.05, 0.1) is 26.0 Å². The number of carbonyl (C=O) groups is 1. The van der Waals surface area contributed by atoms with E-state index in [1.54, 1.807) is 19.2 Å². The number of benzene rings is 2. The van der Waals surface area contributed by atoms with Crippen LogP contribution in [0.4, 0.5) is 29.2 Å². The fraction of sp³-hybridized carbons (Fsp3) is 0.385. The number of amides is 1. The molecule has 0 radical (unpaired) electrons. The largest absolute Gasteiger partial charge is 0.494 e. The highest BCUT2D eigenvalue weighted by atomic mass is 16.5. The average molecular weight is 505 g/mol. The molecule has 194 valence electrons. The Kier molecular flexibility index (Phi) is 7.50. The highest BCUT2D eigenvalue weighted by molar-refractivity contribution is 5.94. The van der Waals surface area contributed by atoms with E-state index in [1.165, 1.54) is 0 Å². The second kappa shape index (κ2) is 11.3. The third-order valence-corrected chi connectivity index (χ3v) is 6.54. The molecular formula is C26H32N8O3. The summed E-state index contributed by atoms with van der Waals surface area (Å²) >= 11 is 0. The lowest BCUT2D eigenvalue weighted by atomic mass is 10.1. The van der Waals surface area contributed by atoms with E-state index >= 15 is 0 Å². The molecule has 0 bridgehead atoms. The third-order valence-electron chi connectivity index (χ3n) is 6.54. The fourth-order valence-corrected chi connectivity index (χ4v) is 4.57. The molecule has 2 aliphatic heterocycles. The van der Waals surface area contributed by atoms with E-state index in [0.717, 1.165) is 56.0 Å². The lowest BCUT2D eigenvalue weighted by Gasteiger charge is -2.29. The first-order chi connectivity index (χ1) is 18.1. The zero-order chi connectivity index (χ0) is 25.6. The van der Waals surface area contributed by atoms with Crippen molar-refractivity contribution in [3.63, 3.8) is 0 Å². The molecule has 0 saturated carbocycles. The van der Waals surface area contributed by atoms with Crippen molar-refractivity contribution in [1.82, 2.24) is 15.0 Å². The maximum absolute atomic E-state index is 11.8. The number of nitrogens with two attached hydrogens (primary N) is 1. The van der Waals surface area contributed by atoms with Crippen LogP contribution in [-0.4, -0.2) is 67.4 Å². The first kappa shape index (κ1) is 24.6. The molecule has 11 heteroatoms. The molecule has 0 aliphatic carbocycles. The van der Waals surface area contributed by atoms with Crippen LogP contribution in [0.2, 0.25) is 0 Å². The van der Waals surface area contributed by atoms with Gasteiger partial charge in [-0.1, -0.05) is 18.2 Å². The summed E-state index contributed by atoms with van der Waals surface area (Å²) in [5, 5.41) is 6.55. The number of hydrogen-bond acceptors (Lipinski definition) is 10. The number of rotatable bonds is 9. The predicted octanol–water partition coefficient (Wildman–Crippen LogP) is 2.77. The lowest BCUT2D eigenvalue weighted by Crippen LogP contribution is -2.36. The van der Waals surface area contributed by atoms with Gasteiger partial charge in [-0.3, -0.25) is 4.79 Å². The Labute approximate surface area is 216 Å². The topological polar surface area (TPSA) is 131 Å². The summed E-state index contributed by atoms with van der Waals surface area (Å²) in [6.45, 7) is 5.25. The summed E-state index contributed by atoms with van der Waals surface area (Å²) in [6.07, 6.45) is 2.19. The Hall–Kier alpha value is -4.12. The minimum absolute atomic E-state index is 0.347. The number of aromatic nitrogens is 3. The summed E-state index contributed by atoms with van der Waals surface area (Å²) in [6, 6.07) is 13.3. The van der Waals surface area contributed by atoms with Crippen LogP contribution in [0, 0.1) is 0 Å². The minimum atomic E-state index is -0.472. The monoisotopic (exact) mass is 504 g/mol. The molecule has 0 spiro atoms.